The van der Waals surface area contributed by atoms with Gasteiger partial charge < -0.3 is 29.8 Å². The number of hydrogen-bond donors (Lipinski definition) is 3. The molecule has 3 amide bonds. The molecule has 4 atom stereocenters. The Morgan fingerprint density at radius 3 is 1.70 bits per heavy atom. The minimum absolute atomic E-state index is 0.0803. The second-order valence-corrected chi connectivity index (χ2v) is 16.4. The lowest BCUT2D eigenvalue weighted by atomic mass is 10.00. The predicted molar refractivity (Wildman–Crippen MR) is 230 cm³/mol. The Bertz CT molecular complexity index is 2320. The van der Waals surface area contributed by atoms with Gasteiger partial charge >= 0.3 is 6.09 Å². The number of H-pyrrole nitrogens is 2. The van der Waals surface area contributed by atoms with Crippen molar-refractivity contribution in [3.63, 3.8) is 0 Å². The Kier molecular flexibility index (Phi) is 12.4. The number of benzene rings is 3. The molecule has 3 aliphatic heterocycles. The van der Waals surface area contributed by atoms with E-state index >= 15 is 0 Å². The fraction of sp³-hybridized carbons (Fsp3) is 0.396. The number of imidazole rings is 2. The lowest BCUT2D eigenvalue weighted by molar-refractivity contribution is -0.139. The number of nitrogens with one attached hydrogen (secondary N) is 3. The van der Waals surface area contributed by atoms with Crippen LogP contribution in [0.5, 0.6) is 0 Å². The molecule has 5 aromatic rings. The van der Waals surface area contributed by atoms with Gasteiger partial charge in [-0.25, -0.2) is 14.8 Å². The molecule has 12 nitrogen and oxygen atoms in total. The third-order valence-corrected chi connectivity index (χ3v) is 12.1. The van der Waals surface area contributed by atoms with Crippen molar-refractivity contribution in [2.45, 2.75) is 83.0 Å². The van der Waals surface area contributed by atoms with Gasteiger partial charge in [-0.2, -0.15) is 0 Å². The van der Waals surface area contributed by atoms with E-state index in [4.69, 9.17) is 9.72 Å². The van der Waals surface area contributed by atoms with E-state index in [2.05, 4.69) is 66.2 Å². The normalized spacial score (nSPS) is 19.1. The molecule has 0 bridgehead atoms. The first kappa shape index (κ1) is 40.6. The van der Waals surface area contributed by atoms with E-state index < -0.39 is 12.1 Å². The maximum atomic E-state index is 14.3. The molecule has 3 aliphatic rings. The van der Waals surface area contributed by atoms with E-state index in [1.807, 2.05) is 79.5 Å². The van der Waals surface area contributed by atoms with Crippen LogP contribution in [-0.4, -0.2) is 91.9 Å². The molecule has 310 valence electrons. The summed E-state index contributed by atoms with van der Waals surface area (Å²) in [6.07, 6.45) is 10.0. The summed E-state index contributed by atoms with van der Waals surface area (Å²) < 4.78 is 4.76. The fourth-order valence-corrected chi connectivity index (χ4v) is 8.90. The maximum absolute atomic E-state index is 14.3. The van der Waals surface area contributed by atoms with Crippen LogP contribution in [0.3, 0.4) is 0 Å². The Morgan fingerprint density at radius 2 is 1.20 bits per heavy atom. The van der Waals surface area contributed by atoms with Crippen molar-refractivity contribution in [2.75, 3.05) is 33.3 Å². The van der Waals surface area contributed by atoms with Crippen LogP contribution >= 0.6 is 0 Å². The molecule has 0 aliphatic carbocycles. The molecule has 3 saturated heterocycles. The molecular formula is C48H54N8O4. The van der Waals surface area contributed by atoms with Crippen molar-refractivity contribution >= 4 is 17.9 Å². The van der Waals surface area contributed by atoms with Gasteiger partial charge in [0.15, 0.2) is 0 Å². The molecule has 3 aromatic carbocycles. The molecule has 0 radical (unpaired) electrons. The second kappa shape index (κ2) is 18.4. The summed E-state index contributed by atoms with van der Waals surface area (Å²) in [4.78, 5) is 62.5. The molecule has 2 aromatic heterocycles. The van der Waals surface area contributed by atoms with Crippen LogP contribution in [0.2, 0.25) is 0 Å². The summed E-state index contributed by atoms with van der Waals surface area (Å²) in [5.41, 5.74) is 6.60. The van der Waals surface area contributed by atoms with E-state index in [9.17, 15) is 14.4 Å². The lowest BCUT2D eigenvalue weighted by Crippen LogP contribution is -2.51. The number of ether oxygens (including phenoxy) is 1. The monoisotopic (exact) mass is 806 g/mol. The van der Waals surface area contributed by atoms with Gasteiger partial charge in [-0.05, 0) is 98.5 Å². The first-order chi connectivity index (χ1) is 29.3. The second-order valence-electron chi connectivity index (χ2n) is 16.4. The highest BCUT2D eigenvalue weighted by atomic mass is 16.5. The number of piperidine rings is 1. The zero-order chi connectivity index (χ0) is 41.6. The largest absolute Gasteiger partial charge is 0.453 e. The van der Waals surface area contributed by atoms with E-state index in [0.717, 1.165) is 109 Å². The van der Waals surface area contributed by atoms with Crippen molar-refractivity contribution in [1.29, 1.82) is 0 Å². The third kappa shape index (κ3) is 8.87. The summed E-state index contributed by atoms with van der Waals surface area (Å²) in [5, 5.41) is 2.70. The smallest absolute Gasteiger partial charge is 0.407 e. The molecule has 4 unspecified atom stereocenters. The minimum Gasteiger partial charge on any atom is -0.453 e. The number of alkyl carbamates (subject to hydrolysis) is 1. The van der Waals surface area contributed by atoms with Crippen LogP contribution in [0.4, 0.5) is 4.79 Å². The predicted octanol–water partition coefficient (Wildman–Crippen LogP) is 7.80. The molecular weight excluding hydrogens is 753 g/mol. The fourth-order valence-electron chi connectivity index (χ4n) is 8.90. The highest BCUT2D eigenvalue weighted by Crippen LogP contribution is 2.37. The number of nitrogens with zero attached hydrogens (tertiary/aromatic N) is 5. The molecule has 12 heteroatoms. The van der Waals surface area contributed by atoms with Gasteiger partial charge in [0.2, 0.25) is 11.8 Å². The van der Waals surface area contributed by atoms with Gasteiger partial charge in [0, 0.05) is 24.2 Å². The van der Waals surface area contributed by atoms with Gasteiger partial charge in [0.1, 0.15) is 23.7 Å². The molecule has 5 heterocycles. The first-order valence-electron chi connectivity index (χ1n) is 21.3. The van der Waals surface area contributed by atoms with E-state index in [1.54, 1.807) is 6.20 Å². The summed E-state index contributed by atoms with van der Waals surface area (Å²) in [6, 6.07) is 25.2. The Balaban J connectivity index is 0.898. The summed E-state index contributed by atoms with van der Waals surface area (Å²) in [6.45, 7) is 7.04. The van der Waals surface area contributed by atoms with Crippen molar-refractivity contribution < 1.29 is 19.1 Å². The Morgan fingerprint density at radius 1 is 0.683 bits per heavy atom. The highest BCUT2D eigenvalue weighted by molar-refractivity contribution is 5.86. The Labute approximate surface area is 352 Å². The van der Waals surface area contributed by atoms with E-state index in [1.165, 1.54) is 13.5 Å². The molecule has 8 rings (SSSR count). The number of amides is 3. The minimum atomic E-state index is -0.681. The van der Waals surface area contributed by atoms with Gasteiger partial charge in [-0.15, -0.1) is 0 Å². The maximum Gasteiger partial charge on any atom is 0.407 e. The zero-order valence-corrected chi connectivity index (χ0v) is 34.7. The topological polar surface area (TPSA) is 140 Å². The van der Waals surface area contributed by atoms with Crippen LogP contribution in [0.1, 0.15) is 105 Å². The van der Waals surface area contributed by atoms with Crippen LogP contribution in [-0.2, 0) is 14.3 Å². The van der Waals surface area contributed by atoms with Crippen molar-refractivity contribution in [1.82, 2.24) is 40.0 Å². The van der Waals surface area contributed by atoms with Crippen molar-refractivity contribution in [2.24, 2.45) is 5.92 Å². The molecule has 0 saturated carbocycles. The van der Waals surface area contributed by atoms with E-state index in [0.29, 0.717) is 6.54 Å². The quantitative estimate of drug-likeness (QED) is 0.123. The van der Waals surface area contributed by atoms with Gasteiger partial charge in [0.05, 0.1) is 43.0 Å². The molecule has 3 N–H and O–H groups in total. The lowest BCUT2D eigenvalue weighted by Gasteiger charge is -2.37. The summed E-state index contributed by atoms with van der Waals surface area (Å²) in [5.74, 6) is 8.08. The summed E-state index contributed by atoms with van der Waals surface area (Å²) in [7, 11) is 1.29. The van der Waals surface area contributed by atoms with Crippen molar-refractivity contribution in [3.05, 3.63) is 120 Å². The third-order valence-electron chi connectivity index (χ3n) is 12.1. The number of likely N-dealkylation sites (tertiary alicyclic amines) is 3. The highest BCUT2D eigenvalue weighted by Gasteiger charge is 2.40. The van der Waals surface area contributed by atoms with E-state index in [-0.39, 0.29) is 35.9 Å². The van der Waals surface area contributed by atoms with Crippen molar-refractivity contribution in [3.8, 4) is 34.4 Å². The number of rotatable bonds is 10. The Hall–Kier alpha value is -6.19. The number of aromatic amines is 2. The first-order valence-corrected chi connectivity index (χ1v) is 21.3. The number of carbonyl (C=O) groups excluding carboxylic acids is 3. The van der Waals surface area contributed by atoms with Gasteiger partial charge in [-0.1, -0.05) is 86.7 Å². The summed E-state index contributed by atoms with van der Waals surface area (Å²) >= 11 is 0. The van der Waals surface area contributed by atoms with Crippen LogP contribution in [0, 0.1) is 17.8 Å². The molecule has 0 spiro atoms. The number of methoxy groups -OCH3 is 1. The number of carbonyl (C=O) groups is 3. The average Bonchev–Trinajstić information content (AvgIpc) is 4.13. The van der Waals surface area contributed by atoms with Gasteiger partial charge in [-0.3, -0.25) is 14.5 Å². The van der Waals surface area contributed by atoms with Crippen LogP contribution in [0.15, 0.2) is 91.3 Å². The SMILES string of the molecule is COC(=O)NC(C(=O)N1CCCC1c1ncc(-c2ccc(C#Cc3ccc(-c4cnc(C5CCCN5C(=O)C(c5ccccc5)N5CCCCC5)[nH]4)cc3)cc2)[nH]1)C(C)C. The van der Waals surface area contributed by atoms with Gasteiger partial charge in [0.25, 0.3) is 0 Å². The standard InChI is InChI=1S/C48H54N8O4/c1-32(2)42(53-48(59)60-3)46(57)55-28-10-14-40(55)44-49-30-38(51-44)35-22-18-33(19-23-35)16-17-34-20-24-36(25-21-34)39-31-50-45(52-39)41-15-11-29-56(41)47(58)43(37-12-6-4-7-13-37)54-26-8-5-9-27-54/h4,6-7,12-13,18-25,30-32,40-43H,5,8-11,14-15,26-29H2,1-3H3,(H,49,51)(H,50,52)(H,53,59). The zero-order valence-electron chi connectivity index (χ0n) is 34.7. The molecule has 3 fully saturated rings. The van der Waals surface area contributed by atoms with Crippen LogP contribution < -0.4 is 5.32 Å². The van der Waals surface area contributed by atoms with Crippen LogP contribution in [0.25, 0.3) is 22.5 Å². The number of hydrogen-bond acceptors (Lipinski definition) is 7. The molecule has 60 heavy (non-hydrogen) atoms. The number of aromatic nitrogens is 4. The average molecular weight is 807 g/mol.